The smallest absolute Gasteiger partial charge is 0.167 e. The first kappa shape index (κ1) is 14.6. The van der Waals surface area contributed by atoms with E-state index < -0.39 is 0 Å². The molecule has 1 heterocycles. The van der Waals surface area contributed by atoms with Gasteiger partial charge >= 0.3 is 0 Å². The summed E-state index contributed by atoms with van der Waals surface area (Å²) >= 11 is 5.88. The third kappa shape index (κ3) is 2.86. The number of hydrogen-bond donors (Lipinski definition) is 0. The summed E-state index contributed by atoms with van der Waals surface area (Å²) in [5, 5.41) is 0. The summed E-state index contributed by atoms with van der Waals surface area (Å²) in [6.45, 7) is 3.18. The number of rotatable bonds is 6. The molecule has 0 N–H and O–H groups in total. The minimum Gasteiger partial charge on any atom is -0.494 e. The Labute approximate surface area is 129 Å². The molecule has 0 radical (unpaired) electrons. The molecular formula is C16H20ClFN2O. The Kier molecular flexibility index (Phi) is 4.07. The third-order valence-electron chi connectivity index (χ3n) is 4.32. The monoisotopic (exact) mass is 310 g/mol. The van der Waals surface area contributed by atoms with Gasteiger partial charge in [0.1, 0.15) is 5.82 Å². The number of aromatic nitrogens is 2. The summed E-state index contributed by atoms with van der Waals surface area (Å²) < 4.78 is 21.1. The molecule has 1 atom stereocenters. The van der Waals surface area contributed by atoms with Crippen LogP contribution in [0.15, 0.2) is 12.1 Å². The summed E-state index contributed by atoms with van der Waals surface area (Å²) in [6, 6.07) is 3.19. The van der Waals surface area contributed by atoms with E-state index in [0.717, 1.165) is 23.8 Å². The van der Waals surface area contributed by atoms with Crippen LogP contribution in [0.25, 0.3) is 11.0 Å². The average molecular weight is 311 g/mol. The molecule has 0 aliphatic heterocycles. The Balaban J connectivity index is 2.05. The minimum absolute atomic E-state index is 0.264. The molecule has 1 fully saturated rings. The number of fused-ring (bicyclic) bond motifs is 1. The van der Waals surface area contributed by atoms with E-state index in [2.05, 4.69) is 16.5 Å². The number of nitrogens with zero attached hydrogens (tertiary/aromatic N) is 2. The number of alkyl halides is 1. The average Bonchev–Trinajstić information content (AvgIpc) is 3.25. The van der Waals surface area contributed by atoms with Crippen LogP contribution < -0.4 is 4.74 Å². The molecule has 1 unspecified atom stereocenters. The number of aryl methyl sites for hydroxylation is 1. The van der Waals surface area contributed by atoms with Crippen LogP contribution in [0.5, 0.6) is 5.75 Å². The van der Waals surface area contributed by atoms with Crippen LogP contribution in [0, 0.1) is 17.7 Å². The fourth-order valence-corrected chi connectivity index (χ4v) is 3.08. The van der Waals surface area contributed by atoms with Crippen LogP contribution >= 0.6 is 11.6 Å². The van der Waals surface area contributed by atoms with Gasteiger partial charge in [0, 0.05) is 31.0 Å². The van der Waals surface area contributed by atoms with Crippen LogP contribution in [0.4, 0.5) is 4.39 Å². The predicted octanol–water partition coefficient (Wildman–Crippen LogP) is 4.01. The number of halogens is 2. The molecule has 0 bridgehead atoms. The Morgan fingerprint density at radius 3 is 2.86 bits per heavy atom. The number of methoxy groups -OCH3 is 1. The van der Waals surface area contributed by atoms with E-state index >= 15 is 0 Å². The Bertz CT molecular complexity index is 651. The number of benzene rings is 1. The van der Waals surface area contributed by atoms with Crippen molar-refractivity contribution in [2.45, 2.75) is 32.7 Å². The van der Waals surface area contributed by atoms with E-state index in [9.17, 15) is 4.39 Å². The maximum absolute atomic E-state index is 13.8. The van der Waals surface area contributed by atoms with Gasteiger partial charge in [-0.1, -0.05) is 6.92 Å². The quantitative estimate of drug-likeness (QED) is 0.754. The van der Waals surface area contributed by atoms with Crippen molar-refractivity contribution in [1.29, 1.82) is 0 Å². The van der Waals surface area contributed by atoms with Crippen molar-refractivity contribution in [3.63, 3.8) is 0 Å². The molecule has 1 aromatic carbocycles. The van der Waals surface area contributed by atoms with E-state index in [1.807, 2.05) is 0 Å². The first-order chi connectivity index (χ1) is 10.1. The SMILES string of the molecule is COc1cc2c(cc1F)nc(CCCl)n2CC(C)C1CC1. The number of ether oxygens (including phenoxy) is 1. The Morgan fingerprint density at radius 2 is 2.24 bits per heavy atom. The lowest BCUT2D eigenvalue weighted by molar-refractivity contribution is 0.386. The molecule has 3 nitrogen and oxygen atoms in total. The molecule has 0 spiro atoms. The predicted molar refractivity (Wildman–Crippen MR) is 82.6 cm³/mol. The van der Waals surface area contributed by atoms with Gasteiger partial charge in [-0.2, -0.15) is 0 Å². The van der Waals surface area contributed by atoms with Crippen molar-refractivity contribution in [2.24, 2.45) is 11.8 Å². The van der Waals surface area contributed by atoms with E-state index in [0.29, 0.717) is 23.7 Å². The van der Waals surface area contributed by atoms with E-state index in [1.54, 1.807) is 6.07 Å². The van der Waals surface area contributed by atoms with Crippen molar-refractivity contribution < 1.29 is 9.13 Å². The molecule has 114 valence electrons. The lowest BCUT2D eigenvalue weighted by atomic mass is 10.1. The van der Waals surface area contributed by atoms with Gasteiger partial charge in [-0.15, -0.1) is 11.6 Å². The van der Waals surface area contributed by atoms with Crippen molar-refractivity contribution in [2.75, 3.05) is 13.0 Å². The maximum Gasteiger partial charge on any atom is 0.167 e. The van der Waals surface area contributed by atoms with Gasteiger partial charge in [0.2, 0.25) is 0 Å². The second-order valence-electron chi connectivity index (χ2n) is 5.87. The van der Waals surface area contributed by atoms with E-state index in [-0.39, 0.29) is 11.6 Å². The highest BCUT2D eigenvalue weighted by atomic mass is 35.5. The molecule has 1 aromatic heterocycles. The molecule has 21 heavy (non-hydrogen) atoms. The molecular weight excluding hydrogens is 291 g/mol. The molecule has 0 saturated heterocycles. The highest BCUT2D eigenvalue weighted by Crippen LogP contribution is 2.38. The molecule has 5 heteroatoms. The highest BCUT2D eigenvalue weighted by molar-refractivity contribution is 6.17. The fourth-order valence-electron chi connectivity index (χ4n) is 2.91. The molecule has 2 aromatic rings. The topological polar surface area (TPSA) is 27.1 Å². The van der Waals surface area contributed by atoms with Gasteiger partial charge in [-0.05, 0) is 24.7 Å². The number of imidazole rings is 1. The summed E-state index contributed by atoms with van der Waals surface area (Å²) in [7, 11) is 1.48. The lowest BCUT2D eigenvalue weighted by Crippen LogP contribution is -2.12. The summed E-state index contributed by atoms with van der Waals surface area (Å²) in [6.07, 6.45) is 3.32. The largest absolute Gasteiger partial charge is 0.494 e. The molecule has 1 saturated carbocycles. The zero-order chi connectivity index (χ0) is 15.0. The van der Waals surface area contributed by atoms with Crippen molar-refractivity contribution in [3.8, 4) is 5.75 Å². The van der Waals surface area contributed by atoms with Crippen LogP contribution in [0.1, 0.15) is 25.6 Å². The molecule has 3 rings (SSSR count). The first-order valence-electron chi connectivity index (χ1n) is 7.42. The third-order valence-corrected chi connectivity index (χ3v) is 4.51. The summed E-state index contributed by atoms with van der Waals surface area (Å²) in [5.41, 5.74) is 1.61. The van der Waals surface area contributed by atoms with Crippen LogP contribution in [-0.2, 0) is 13.0 Å². The maximum atomic E-state index is 13.8. The zero-order valence-electron chi connectivity index (χ0n) is 12.4. The van der Waals surface area contributed by atoms with E-state index in [1.165, 1.54) is 26.0 Å². The zero-order valence-corrected chi connectivity index (χ0v) is 13.2. The second kappa shape index (κ2) is 5.84. The molecule has 1 aliphatic carbocycles. The van der Waals surface area contributed by atoms with Gasteiger partial charge < -0.3 is 9.30 Å². The van der Waals surface area contributed by atoms with Crippen LogP contribution in [-0.4, -0.2) is 22.5 Å². The fraction of sp³-hybridized carbons (Fsp3) is 0.562. The van der Waals surface area contributed by atoms with Crippen molar-refractivity contribution >= 4 is 22.6 Å². The van der Waals surface area contributed by atoms with Gasteiger partial charge in [0.15, 0.2) is 11.6 Å². The van der Waals surface area contributed by atoms with Crippen LogP contribution in [0.3, 0.4) is 0 Å². The molecule has 0 amide bonds. The van der Waals surface area contributed by atoms with Gasteiger partial charge in [-0.3, -0.25) is 0 Å². The summed E-state index contributed by atoms with van der Waals surface area (Å²) in [5.74, 6) is 2.75. The van der Waals surface area contributed by atoms with Gasteiger partial charge in [-0.25, -0.2) is 9.37 Å². The Hall–Kier alpha value is -1.29. The lowest BCUT2D eigenvalue weighted by Gasteiger charge is -2.15. The summed E-state index contributed by atoms with van der Waals surface area (Å²) in [4.78, 5) is 4.55. The second-order valence-corrected chi connectivity index (χ2v) is 6.25. The number of hydrogen-bond acceptors (Lipinski definition) is 2. The van der Waals surface area contributed by atoms with E-state index in [4.69, 9.17) is 16.3 Å². The standard InChI is InChI=1S/C16H20ClFN2O/c1-10(11-3-4-11)9-20-14-8-15(21-2)12(18)7-13(14)19-16(20)5-6-17/h7-8,10-11H,3-6,9H2,1-2H3. The van der Waals surface area contributed by atoms with Gasteiger partial charge in [0.25, 0.3) is 0 Å². The minimum atomic E-state index is -0.373. The van der Waals surface area contributed by atoms with Gasteiger partial charge in [0.05, 0.1) is 18.1 Å². The first-order valence-corrected chi connectivity index (χ1v) is 7.96. The van der Waals surface area contributed by atoms with Crippen molar-refractivity contribution in [3.05, 3.63) is 23.8 Å². The van der Waals surface area contributed by atoms with Crippen molar-refractivity contribution in [1.82, 2.24) is 9.55 Å². The molecule has 1 aliphatic rings. The highest BCUT2D eigenvalue weighted by Gasteiger charge is 2.29. The normalized spacial score (nSPS) is 16.4. The van der Waals surface area contributed by atoms with Crippen LogP contribution in [0.2, 0.25) is 0 Å². The Morgan fingerprint density at radius 1 is 1.48 bits per heavy atom.